The van der Waals surface area contributed by atoms with Crippen LogP contribution in [0.5, 0.6) is 0 Å². The Morgan fingerprint density at radius 3 is 3.20 bits per heavy atom. The van der Waals surface area contributed by atoms with Crippen LogP contribution in [0.3, 0.4) is 0 Å². The average molecular weight is 211 g/mol. The third-order valence-corrected chi connectivity index (χ3v) is 2.70. The van der Waals surface area contributed by atoms with Crippen LogP contribution >= 0.6 is 0 Å². The first-order valence-electron chi connectivity index (χ1n) is 5.20. The quantitative estimate of drug-likeness (QED) is 0.740. The number of aliphatic hydroxyl groups excluding tert-OH is 1. The first-order valence-corrected chi connectivity index (χ1v) is 5.20. The Balaban J connectivity index is 1.97. The molecule has 0 bridgehead atoms. The highest BCUT2D eigenvalue weighted by atomic mass is 16.5. The molecule has 0 spiro atoms. The first-order chi connectivity index (χ1) is 7.29. The molecular weight excluding hydrogens is 194 g/mol. The summed E-state index contributed by atoms with van der Waals surface area (Å²) in [6.07, 6.45) is 3.87. The molecule has 1 aliphatic heterocycles. The lowest BCUT2D eigenvalue weighted by molar-refractivity contribution is -0.0312. The maximum atomic E-state index is 9.20. The molecule has 0 radical (unpaired) electrons. The molecule has 1 N–H and O–H groups in total. The van der Waals surface area contributed by atoms with Crippen LogP contribution in [-0.2, 0) is 18.3 Å². The fraction of sp³-hybridized carbons (Fsp3) is 0.700. The van der Waals surface area contributed by atoms with E-state index in [0.29, 0.717) is 6.61 Å². The minimum absolute atomic E-state index is 0.124. The smallest absolute Gasteiger partial charge is 0.0644 e. The fourth-order valence-corrected chi connectivity index (χ4v) is 1.85. The second kappa shape index (κ2) is 4.74. The van der Waals surface area contributed by atoms with Gasteiger partial charge < -0.3 is 9.84 Å². The number of morpholine rings is 1. The lowest BCUT2D eigenvalue weighted by atomic mass is 10.2. The van der Waals surface area contributed by atoms with Crippen molar-refractivity contribution in [2.24, 2.45) is 7.05 Å². The van der Waals surface area contributed by atoms with Crippen LogP contribution in [0.25, 0.3) is 0 Å². The minimum Gasteiger partial charge on any atom is -0.395 e. The van der Waals surface area contributed by atoms with Crippen LogP contribution in [0.2, 0.25) is 0 Å². The number of ether oxygens (including phenoxy) is 1. The Morgan fingerprint density at radius 2 is 2.53 bits per heavy atom. The van der Waals surface area contributed by atoms with E-state index in [9.17, 15) is 5.11 Å². The highest BCUT2D eigenvalue weighted by molar-refractivity contribution is 5.03. The summed E-state index contributed by atoms with van der Waals surface area (Å²) in [5, 5.41) is 13.3. The maximum Gasteiger partial charge on any atom is 0.0644 e. The summed E-state index contributed by atoms with van der Waals surface area (Å²) in [7, 11) is 1.91. The molecule has 5 nitrogen and oxygen atoms in total. The summed E-state index contributed by atoms with van der Waals surface area (Å²) in [6.45, 7) is 3.23. The molecule has 2 rings (SSSR count). The summed E-state index contributed by atoms with van der Waals surface area (Å²) >= 11 is 0. The van der Waals surface area contributed by atoms with Gasteiger partial charge in [-0.3, -0.25) is 9.58 Å². The summed E-state index contributed by atoms with van der Waals surface area (Å²) in [5.41, 5.74) is 1.18. The van der Waals surface area contributed by atoms with Crippen LogP contribution in [0, 0.1) is 0 Å². The predicted octanol–water partition coefficient (Wildman–Crippen LogP) is -0.387. The topological polar surface area (TPSA) is 50.5 Å². The lowest BCUT2D eigenvalue weighted by Gasteiger charge is -2.33. The van der Waals surface area contributed by atoms with Crippen molar-refractivity contribution in [3.05, 3.63) is 18.0 Å². The van der Waals surface area contributed by atoms with Crippen LogP contribution in [-0.4, -0.2) is 52.2 Å². The molecule has 1 aromatic rings. The molecule has 1 aromatic heterocycles. The number of hydrogen-bond donors (Lipinski definition) is 1. The first kappa shape index (κ1) is 10.6. The van der Waals surface area contributed by atoms with Gasteiger partial charge in [0.05, 0.1) is 32.1 Å². The fourth-order valence-electron chi connectivity index (χ4n) is 1.85. The molecule has 2 heterocycles. The van der Waals surface area contributed by atoms with Gasteiger partial charge in [-0.2, -0.15) is 5.10 Å². The van der Waals surface area contributed by atoms with E-state index < -0.39 is 0 Å². The van der Waals surface area contributed by atoms with Crippen LogP contribution in [0.15, 0.2) is 12.4 Å². The van der Waals surface area contributed by atoms with Gasteiger partial charge in [0.2, 0.25) is 0 Å². The van der Waals surface area contributed by atoms with E-state index in [1.807, 2.05) is 19.4 Å². The van der Waals surface area contributed by atoms with E-state index in [0.717, 1.165) is 19.7 Å². The maximum absolute atomic E-state index is 9.20. The highest BCUT2D eigenvalue weighted by Gasteiger charge is 2.22. The van der Waals surface area contributed by atoms with Gasteiger partial charge in [-0.05, 0) is 0 Å². The van der Waals surface area contributed by atoms with Gasteiger partial charge in [0.1, 0.15) is 0 Å². The summed E-state index contributed by atoms with van der Waals surface area (Å²) in [4.78, 5) is 2.24. The summed E-state index contributed by atoms with van der Waals surface area (Å²) < 4.78 is 7.12. The summed E-state index contributed by atoms with van der Waals surface area (Å²) in [6, 6.07) is 0.124. The van der Waals surface area contributed by atoms with Crippen LogP contribution < -0.4 is 0 Å². The molecule has 5 heteroatoms. The number of hydrogen-bond acceptors (Lipinski definition) is 4. The molecule has 84 valence electrons. The van der Waals surface area contributed by atoms with Gasteiger partial charge in [-0.25, -0.2) is 0 Å². The van der Waals surface area contributed by atoms with Crippen molar-refractivity contribution < 1.29 is 9.84 Å². The van der Waals surface area contributed by atoms with Crippen molar-refractivity contribution in [2.75, 3.05) is 26.4 Å². The van der Waals surface area contributed by atoms with Gasteiger partial charge in [0.15, 0.2) is 0 Å². The molecule has 15 heavy (non-hydrogen) atoms. The van der Waals surface area contributed by atoms with E-state index in [1.54, 1.807) is 4.68 Å². The number of aliphatic hydroxyl groups is 1. The zero-order valence-corrected chi connectivity index (χ0v) is 8.96. The normalized spacial score (nSPS) is 23.2. The third kappa shape index (κ3) is 2.56. The molecule has 0 aromatic carbocycles. The number of aryl methyl sites for hydroxylation is 1. The summed E-state index contributed by atoms with van der Waals surface area (Å²) in [5.74, 6) is 0. The number of aromatic nitrogens is 2. The van der Waals surface area contributed by atoms with Gasteiger partial charge in [0, 0.05) is 31.9 Å². The Bertz CT molecular complexity index is 313. The minimum atomic E-state index is 0.124. The standard InChI is InChI=1S/C10H17N3O2/c1-12-5-9(4-11-12)6-13-2-3-15-8-10(13)7-14/h4-5,10,14H,2-3,6-8H2,1H3. The second-order valence-corrected chi connectivity index (χ2v) is 3.90. The third-order valence-electron chi connectivity index (χ3n) is 2.70. The molecule has 1 fully saturated rings. The van der Waals surface area contributed by atoms with E-state index in [-0.39, 0.29) is 12.6 Å². The van der Waals surface area contributed by atoms with Gasteiger partial charge in [-0.15, -0.1) is 0 Å². The largest absolute Gasteiger partial charge is 0.395 e. The number of nitrogens with zero attached hydrogens (tertiary/aromatic N) is 3. The van der Waals surface area contributed by atoms with E-state index in [1.165, 1.54) is 5.56 Å². The molecule has 0 amide bonds. The average Bonchev–Trinajstić information content (AvgIpc) is 2.65. The van der Waals surface area contributed by atoms with Crippen molar-refractivity contribution >= 4 is 0 Å². The molecule has 1 saturated heterocycles. The molecule has 1 atom stereocenters. The van der Waals surface area contributed by atoms with Gasteiger partial charge >= 0.3 is 0 Å². The van der Waals surface area contributed by atoms with Crippen LogP contribution in [0.1, 0.15) is 5.56 Å². The molecule has 1 aliphatic rings. The van der Waals surface area contributed by atoms with Crippen molar-refractivity contribution in [2.45, 2.75) is 12.6 Å². The van der Waals surface area contributed by atoms with E-state index in [2.05, 4.69) is 10.00 Å². The van der Waals surface area contributed by atoms with Gasteiger partial charge in [-0.1, -0.05) is 0 Å². The molecule has 0 saturated carbocycles. The molecular formula is C10H17N3O2. The predicted molar refractivity (Wildman–Crippen MR) is 55.3 cm³/mol. The van der Waals surface area contributed by atoms with Crippen LogP contribution in [0.4, 0.5) is 0 Å². The Kier molecular flexibility index (Phi) is 3.35. The zero-order chi connectivity index (χ0) is 10.7. The van der Waals surface area contributed by atoms with Crippen molar-refractivity contribution in [3.63, 3.8) is 0 Å². The zero-order valence-electron chi connectivity index (χ0n) is 8.96. The second-order valence-electron chi connectivity index (χ2n) is 3.90. The number of rotatable bonds is 3. The van der Waals surface area contributed by atoms with Gasteiger partial charge in [0.25, 0.3) is 0 Å². The molecule has 1 unspecified atom stereocenters. The molecule has 0 aliphatic carbocycles. The Morgan fingerprint density at radius 1 is 1.67 bits per heavy atom. The van der Waals surface area contributed by atoms with Crippen molar-refractivity contribution in [3.8, 4) is 0 Å². The Hall–Kier alpha value is -0.910. The Labute approximate surface area is 89.3 Å². The SMILES string of the molecule is Cn1cc(CN2CCOCC2CO)cn1. The lowest BCUT2D eigenvalue weighted by Crippen LogP contribution is -2.46. The van der Waals surface area contributed by atoms with Crippen molar-refractivity contribution in [1.82, 2.24) is 14.7 Å². The van der Waals surface area contributed by atoms with E-state index in [4.69, 9.17) is 4.74 Å². The van der Waals surface area contributed by atoms with Crippen molar-refractivity contribution in [1.29, 1.82) is 0 Å². The van der Waals surface area contributed by atoms with E-state index >= 15 is 0 Å². The highest BCUT2D eigenvalue weighted by Crippen LogP contribution is 2.11. The monoisotopic (exact) mass is 211 g/mol.